The van der Waals surface area contributed by atoms with Crippen molar-refractivity contribution in [2.45, 2.75) is 13.8 Å². The highest BCUT2D eigenvalue weighted by atomic mass is 16.7. The summed E-state index contributed by atoms with van der Waals surface area (Å²) in [5, 5.41) is 8.00. The van der Waals surface area contributed by atoms with Crippen LogP contribution in [0.5, 0.6) is 0 Å². The first-order chi connectivity index (χ1) is 17.5. The Morgan fingerprint density at radius 2 is 0.833 bits per heavy atom. The third kappa shape index (κ3) is 5.80. The van der Waals surface area contributed by atoms with Crippen molar-refractivity contribution in [3.8, 4) is 11.1 Å². The molecule has 0 aliphatic heterocycles. The Labute approximate surface area is 209 Å². The quantitative estimate of drug-likeness (QED) is 0.173. The maximum Gasteiger partial charge on any atom is 0.366 e. The first kappa shape index (κ1) is 24.3. The molecule has 6 nitrogen and oxygen atoms in total. The number of nitrogens with zero attached hydrogens (tertiary/aromatic N) is 2. The smallest absolute Gasteiger partial charge is 0.313 e. The van der Waals surface area contributed by atoms with E-state index >= 15 is 0 Å². The molecule has 0 N–H and O–H groups in total. The molecular formula is C30H24N2O4. The van der Waals surface area contributed by atoms with Gasteiger partial charge in [-0.2, -0.15) is 0 Å². The molecule has 0 bridgehead atoms. The second-order valence-electron chi connectivity index (χ2n) is 7.93. The Bertz CT molecular complexity index is 1320. The van der Waals surface area contributed by atoms with Crippen molar-refractivity contribution in [2.75, 3.05) is 0 Å². The second-order valence-corrected chi connectivity index (χ2v) is 7.93. The Hall–Kier alpha value is -4.84. The van der Waals surface area contributed by atoms with E-state index in [1.807, 2.05) is 60.7 Å². The van der Waals surface area contributed by atoms with Gasteiger partial charge in [0.2, 0.25) is 0 Å². The summed E-state index contributed by atoms with van der Waals surface area (Å²) in [6.07, 6.45) is 0. The van der Waals surface area contributed by atoms with Gasteiger partial charge in [0.25, 0.3) is 0 Å². The molecule has 0 atom stereocenters. The summed E-state index contributed by atoms with van der Waals surface area (Å²) in [4.78, 5) is 36.4. The number of rotatable bonds is 7. The van der Waals surface area contributed by atoms with Crippen molar-refractivity contribution >= 4 is 23.4 Å². The average Bonchev–Trinajstić information content (AvgIpc) is 2.95. The lowest BCUT2D eigenvalue weighted by Crippen LogP contribution is -2.09. The molecule has 6 heteroatoms. The molecule has 4 aromatic carbocycles. The second kappa shape index (κ2) is 11.5. The molecule has 0 aromatic heterocycles. The summed E-state index contributed by atoms with van der Waals surface area (Å²) in [7, 11) is 0. The van der Waals surface area contributed by atoms with E-state index in [1.54, 1.807) is 62.4 Å². The van der Waals surface area contributed by atoms with Crippen molar-refractivity contribution in [1.29, 1.82) is 0 Å². The van der Waals surface area contributed by atoms with Crippen molar-refractivity contribution in [3.05, 3.63) is 131 Å². The number of hydrogen-bond acceptors (Lipinski definition) is 6. The van der Waals surface area contributed by atoms with Crippen LogP contribution in [0.3, 0.4) is 0 Å². The molecule has 0 saturated carbocycles. The summed E-state index contributed by atoms with van der Waals surface area (Å²) < 4.78 is 0. The van der Waals surface area contributed by atoms with Gasteiger partial charge in [0, 0.05) is 0 Å². The van der Waals surface area contributed by atoms with Crippen LogP contribution in [-0.4, -0.2) is 23.4 Å². The van der Waals surface area contributed by atoms with Gasteiger partial charge in [-0.3, -0.25) is 0 Å². The van der Waals surface area contributed by atoms with E-state index in [9.17, 15) is 9.59 Å². The van der Waals surface area contributed by atoms with Crippen LogP contribution in [-0.2, 0) is 9.68 Å². The summed E-state index contributed by atoms with van der Waals surface area (Å²) in [6, 6.07) is 32.6. The standard InChI is InChI=1S/C30H24N2O4/c1-21(23-13-5-3-6-14-23)31-35-29(33)27-19-11-9-17-25(27)26-18-10-12-20-28(26)30(34)36-32-22(2)24-15-7-4-8-16-24/h3-20H,1-2H3. The molecule has 0 fully saturated rings. The Morgan fingerprint density at radius 1 is 0.500 bits per heavy atom. The Balaban J connectivity index is 1.59. The number of carbonyl (C=O) groups excluding carboxylic acids is 2. The fraction of sp³-hybridized carbons (Fsp3) is 0.0667. The zero-order valence-electron chi connectivity index (χ0n) is 19.9. The summed E-state index contributed by atoms with van der Waals surface area (Å²) >= 11 is 0. The largest absolute Gasteiger partial charge is 0.366 e. The van der Waals surface area contributed by atoms with Gasteiger partial charge in [0.05, 0.1) is 22.6 Å². The predicted octanol–water partition coefficient (Wildman–Crippen LogP) is 6.52. The Morgan fingerprint density at radius 3 is 1.22 bits per heavy atom. The van der Waals surface area contributed by atoms with E-state index in [-0.39, 0.29) is 11.1 Å². The molecule has 0 radical (unpaired) electrons. The first-order valence-corrected chi connectivity index (χ1v) is 11.4. The molecular weight excluding hydrogens is 452 g/mol. The normalized spacial score (nSPS) is 11.6. The van der Waals surface area contributed by atoms with Crippen LogP contribution in [0.25, 0.3) is 11.1 Å². The monoisotopic (exact) mass is 476 g/mol. The van der Waals surface area contributed by atoms with Crippen LogP contribution in [0.2, 0.25) is 0 Å². The van der Waals surface area contributed by atoms with Crippen molar-refractivity contribution in [3.63, 3.8) is 0 Å². The van der Waals surface area contributed by atoms with E-state index in [0.29, 0.717) is 22.6 Å². The van der Waals surface area contributed by atoms with Crippen molar-refractivity contribution in [2.24, 2.45) is 10.3 Å². The minimum atomic E-state index is -0.637. The number of benzene rings is 4. The fourth-order valence-electron chi connectivity index (χ4n) is 3.57. The highest BCUT2D eigenvalue weighted by molar-refractivity contribution is 6.04. The Kier molecular flexibility index (Phi) is 7.78. The van der Waals surface area contributed by atoms with Crippen LogP contribution in [0.15, 0.2) is 120 Å². The topological polar surface area (TPSA) is 77.3 Å². The van der Waals surface area contributed by atoms with E-state index in [2.05, 4.69) is 10.3 Å². The molecule has 0 aliphatic rings. The highest BCUT2D eigenvalue weighted by Gasteiger charge is 2.20. The van der Waals surface area contributed by atoms with Gasteiger partial charge in [-0.25, -0.2) is 9.59 Å². The van der Waals surface area contributed by atoms with E-state index in [0.717, 1.165) is 11.1 Å². The summed E-state index contributed by atoms with van der Waals surface area (Å²) in [6.45, 7) is 3.52. The zero-order chi connectivity index (χ0) is 25.3. The molecule has 0 heterocycles. The lowest BCUT2D eigenvalue weighted by molar-refractivity contribution is 0.0506. The number of oxime groups is 2. The SMILES string of the molecule is CC(=NOC(=O)c1ccccc1-c1ccccc1C(=O)ON=C(C)c1ccccc1)c1ccccc1. The minimum absolute atomic E-state index is 0.270. The minimum Gasteiger partial charge on any atom is -0.313 e. The van der Waals surface area contributed by atoms with E-state index in [4.69, 9.17) is 9.68 Å². The molecule has 36 heavy (non-hydrogen) atoms. The molecule has 0 aliphatic carbocycles. The molecule has 0 amide bonds. The third-order valence-corrected chi connectivity index (χ3v) is 5.50. The van der Waals surface area contributed by atoms with Gasteiger partial charge >= 0.3 is 11.9 Å². The van der Waals surface area contributed by atoms with Crippen LogP contribution >= 0.6 is 0 Å². The van der Waals surface area contributed by atoms with Gasteiger partial charge in [-0.15, -0.1) is 0 Å². The van der Waals surface area contributed by atoms with E-state index in [1.165, 1.54) is 0 Å². The molecule has 0 saturated heterocycles. The van der Waals surface area contributed by atoms with Crippen molar-refractivity contribution < 1.29 is 19.3 Å². The lowest BCUT2D eigenvalue weighted by Gasteiger charge is -2.11. The van der Waals surface area contributed by atoms with Crippen LogP contribution < -0.4 is 0 Å². The van der Waals surface area contributed by atoms with Crippen molar-refractivity contribution in [1.82, 2.24) is 0 Å². The van der Waals surface area contributed by atoms with E-state index < -0.39 is 11.9 Å². The molecule has 0 spiro atoms. The lowest BCUT2D eigenvalue weighted by atomic mass is 9.95. The van der Waals surface area contributed by atoms with Gasteiger partial charge < -0.3 is 9.68 Å². The predicted molar refractivity (Wildman–Crippen MR) is 140 cm³/mol. The molecule has 178 valence electrons. The van der Waals surface area contributed by atoms with Gasteiger partial charge in [0.15, 0.2) is 0 Å². The molecule has 4 aromatic rings. The van der Waals surface area contributed by atoms with Gasteiger partial charge in [-0.1, -0.05) is 107 Å². The third-order valence-electron chi connectivity index (χ3n) is 5.50. The fourth-order valence-corrected chi connectivity index (χ4v) is 3.57. The number of hydrogen-bond donors (Lipinski definition) is 0. The van der Waals surface area contributed by atoms with Gasteiger partial charge in [0.1, 0.15) is 0 Å². The summed E-state index contributed by atoms with van der Waals surface area (Å²) in [5.41, 5.74) is 4.40. The van der Waals surface area contributed by atoms with Crippen LogP contribution in [0, 0.1) is 0 Å². The zero-order valence-corrected chi connectivity index (χ0v) is 19.9. The van der Waals surface area contributed by atoms with Crippen LogP contribution in [0.4, 0.5) is 0 Å². The van der Waals surface area contributed by atoms with Crippen LogP contribution in [0.1, 0.15) is 45.7 Å². The molecule has 4 rings (SSSR count). The average molecular weight is 477 g/mol. The maximum atomic E-state index is 13.0. The molecule has 0 unspecified atom stereocenters. The highest BCUT2D eigenvalue weighted by Crippen LogP contribution is 2.28. The van der Waals surface area contributed by atoms with Gasteiger partial charge in [-0.05, 0) is 48.2 Å². The summed E-state index contributed by atoms with van der Waals surface area (Å²) in [5.74, 6) is -1.27. The first-order valence-electron chi connectivity index (χ1n) is 11.4. The number of carbonyl (C=O) groups is 2. The maximum absolute atomic E-state index is 13.0.